The van der Waals surface area contributed by atoms with E-state index in [4.69, 9.17) is 4.42 Å². The standard InChI is InChI=1S/C22H39N7O2/c1-16-17(2)31-21(26-16)15-29-9-5-18(6-10-29)13-25-22(24-4)27-19-7-11-28(12-8-19)14-20(30)23-3/h18-19H,5-15H2,1-4H3,(H,23,30)(H2,24,25,27). The van der Waals surface area contributed by atoms with E-state index >= 15 is 0 Å². The highest BCUT2D eigenvalue weighted by molar-refractivity contribution is 5.80. The maximum Gasteiger partial charge on any atom is 0.233 e. The molecule has 2 saturated heterocycles. The van der Waals surface area contributed by atoms with E-state index in [9.17, 15) is 4.79 Å². The van der Waals surface area contributed by atoms with Crippen LogP contribution in [-0.4, -0.2) is 86.1 Å². The number of amides is 1. The molecule has 174 valence electrons. The second kappa shape index (κ2) is 11.5. The highest BCUT2D eigenvalue weighted by Gasteiger charge is 2.23. The highest BCUT2D eigenvalue weighted by atomic mass is 16.4. The first-order valence-electron chi connectivity index (χ1n) is 11.5. The molecule has 2 aliphatic rings. The minimum Gasteiger partial charge on any atom is -0.444 e. The van der Waals surface area contributed by atoms with Gasteiger partial charge in [0.2, 0.25) is 11.8 Å². The molecule has 0 atom stereocenters. The van der Waals surface area contributed by atoms with Crippen molar-refractivity contribution in [2.75, 3.05) is 53.4 Å². The van der Waals surface area contributed by atoms with Crippen molar-refractivity contribution in [1.82, 2.24) is 30.7 Å². The molecule has 2 fully saturated rings. The molecule has 1 aromatic rings. The lowest BCUT2D eigenvalue weighted by Gasteiger charge is -2.33. The number of likely N-dealkylation sites (N-methyl/N-ethyl adjacent to an activating group) is 1. The first kappa shape index (κ1) is 23.5. The Morgan fingerprint density at radius 2 is 1.81 bits per heavy atom. The van der Waals surface area contributed by atoms with Gasteiger partial charge in [-0.15, -0.1) is 0 Å². The molecule has 3 rings (SSSR count). The number of likely N-dealkylation sites (tertiary alicyclic amines) is 2. The molecule has 0 unspecified atom stereocenters. The molecule has 0 radical (unpaired) electrons. The van der Waals surface area contributed by atoms with Gasteiger partial charge in [-0.25, -0.2) is 4.98 Å². The number of aromatic nitrogens is 1. The smallest absolute Gasteiger partial charge is 0.233 e. The minimum atomic E-state index is 0.0839. The van der Waals surface area contributed by atoms with Crippen molar-refractivity contribution < 1.29 is 9.21 Å². The van der Waals surface area contributed by atoms with Gasteiger partial charge in [-0.05, 0) is 58.5 Å². The van der Waals surface area contributed by atoms with Crippen molar-refractivity contribution in [3.05, 3.63) is 17.3 Å². The molecule has 0 aliphatic carbocycles. The van der Waals surface area contributed by atoms with Gasteiger partial charge in [-0.1, -0.05) is 0 Å². The summed E-state index contributed by atoms with van der Waals surface area (Å²) in [5, 5.41) is 9.78. The first-order chi connectivity index (χ1) is 15.0. The quantitative estimate of drug-likeness (QED) is 0.434. The van der Waals surface area contributed by atoms with E-state index in [1.54, 1.807) is 7.05 Å². The average Bonchev–Trinajstić information content (AvgIpc) is 3.09. The van der Waals surface area contributed by atoms with Crippen molar-refractivity contribution in [3.8, 4) is 0 Å². The van der Waals surface area contributed by atoms with Crippen LogP contribution < -0.4 is 16.0 Å². The van der Waals surface area contributed by atoms with Crippen LogP contribution in [0.3, 0.4) is 0 Å². The van der Waals surface area contributed by atoms with Gasteiger partial charge in [0, 0.05) is 39.8 Å². The Balaban J connectivity index is 1.33. The third-order valence-electron chi connectivity index (χ3n) is 6.50. The van der Waals surface area contributed by atoms with E-state index in [-0.39, 0.29) is 5.91 Å². The van der Waals surface area contributed by atoms with E-state index in [1.807, 2.05) is 20.9 Å². The molecular weight excluding hydrogens is 394 g/mol. The molecule has 1 aromatic heterocycles. The zero-order chi connectivity index (χ0) is 22.2. The van der Waals surface area contributed by atoms with E-state index in [0.29, 0.717) is 18.5 Å². The van der Waals surface area contributed by atoms with Gasteiger partial charge < -0.3 is 20.4 Å². The van der Waals surface area contributed by atoms with Gasteiger partial charge in [0.1, 0.15) is 5.76 Å². The number of guanidine groups is 1. The lowest BCUT2D eigenvalue weighted by Crippen LogP contribution is -2.50. The molecule has 0 aromatic carbocycles. The molecule has 3 heterocycles. The van der Waals surface area contributed by atoms with E-state index in [0.717, 1.165) is 75.4 Å². The fraction of sp³-hybridized carbons (Fsp3) is 0.773. The third-order valence-corrected chi connectivity index (χ3v) is 6.50. The van der Waals surface area contributed by atoms with Crippen molar-refractivity contribution in [2.45, 2.75) is 52.1 Å². The summed E-state index contributed by atoms with van der Waals surface area (Å²) in [6, 6.07) is 0.404. The summed E-state index contributed by atoms with van der Waals surface area (Å²) in [7, 11) is 3.52. The Bertz CT molecular complexity index is 713. The van der Waals surface area contributed by atoms with Gasteiger partial charge in [0.25, 0.3) is 0 Å². The Morgan fingerprint density at radius 1 is 1.13 bits per heavy atom. The molecule has 2 aliphatic heterocycles. The SMILES string of the molecule is CN=C(NCC1CCN(Cc2nc(C)c(C)o2)CC1)NC1CCN(CC(=O)NC)CC1. The van der Waals surface area contributed by atoms with Crippen LogP contribution in [0.2, 0.25) is 0 Å². The number of rotatable bonds is 7. The number of nitrogens with one attached hydrogen (secondary N) is 3. The Hall–Kier alpha value is -2.13. The normalized spacial score (nSPS) is 20.1. The van der Waals surface area contributed by atoms with Crippen molar-refractivity contribution >= 4 is 11.9 Å². The number of piperidine rings is 2. The van der Waals surface area contributed by atoms with Crippen LogP contribution in [0.4, 0.5) is 0 Å². The Kier molecular flexibility index (Phi) is 8.71. The van der Waals surface area contributed by atoms with Crippen molar-refractivity contribution in [2.24, 2.45) is 10.9 Å². The summed E-state index contributed by atoms with van der Waals surface area (Å²) in [5.41, 5.74) is 0.991. The highest BCUT2D eigenvalue weighted by Crippen LogP contribution is 2.19. The van der Waals surface area contributed by atoms with Crippen LogP contribution >= 0.6 is 0 Å². The van der Waals surface area contributed by atoms with E-state index < -0.39 is 0 Å². The first-order valence-corrected chi connectivity index (χ1v) is 11.5. The molecule has 9 heteroatoms. The lowest BCUT2D eigenvalue weighted by molar-refractivity contribution is -0.122. The summed E-state index contributed by atoms with van der Waals surface area (Å²) in [6.45, 7) is 10.2. The monoisotopic (exact) mass is 433 g/mol. The molecule has 0 saturated carbocycles. The number of nitrogens with zero attached hydrogens (tertiary/aromatic N) is 4. The summed E-state index contributed by atoms with van der Waals surface area (Å²) in [5.74, 6) is 3.37. The second-order valence-electron chi connectivity index (χ2n) is 8.79. The maximum absolute atomic E-state index is 11.5. The predicted octanol–water partition coefficient (Wildman–Crippen LogP) is 0.879. The number of aryl methyl sites for hydroxylation is 2. The topological polar surface area (TPSA) is 98.0 Å². The summed E-state index contributed by atoms with van der Waals surface area (Å²) in [6.07, 6.45) is 4.38. The lowest BCUT2D eigenvalue weighted by atomic mass is 9.97. The number of carbonyl (C=O) groups excluding carboxylic acids is 1. The maximum atomic E-state index is 11.5. The van der Waals surface area contributed by atoms with Crippen LogP contribution in [0.15, 0.2) is 9.41 Å². The van der Waals surface area contributed by atoms with E-state index in [2.05, 4.69) is 35.7 Å². The molecule has 0 bridgehead atoms. The largest absolute Gasteiger partial charge is 0.444 e. The average molecular weight is 434 g/mol. The molecule has 3 N–H and O–H groups in total. The summed E-state index contributed by atoms with van der Waals surface area (Å²) >= 11 is 0. The van der Waals surface area contributed by atoms with Crippen molar-refractivity contribution in [1.29, 1.82) is 0 Å². The molecule has 9 nitrogen and oxygen atoms in total. The summed E-state index contributed by atoms with van der Waals surface area (Å²) in [4.78, 5) is 25.1. The number of oxazole rings is 1. The second-order valence-corrected chi connectivity index (χ2v) is 8.79. The number of hydrogen-bond acceptors (Lipinski definition) is 6. The predicted molar refractivity (Wildman–Crippen MR) is 122 cm³/mol. The van der Waals surface area contributed by atoms with Gasteiger partial charge in [-0.3, -0.25) is 19.6 Å². The van der Waals surface area contributed by atoms with Crippen LogP contribution in [0.25, 0.3) is 0 Å². The zero-order valence-corrected chi connectivity index (χ0v) is 19.5. The van der Waals surface area contributed by atoms with Gasteiger partial charge in [0.15, 0.2) is 5.96 Å². The van der Waals surface area contributed by atoms with Gasteiger partial charge in [0.05, 0.1) is 18.8 Å². The molecule has 31 heavy (non-hydrogen) atoms. The zero-order valence-electron chi connectivity index (χ0n) is 19.5. The number of aliphatic imine (C=N–C) groups is 1. The van der Waals surface area contributed by atoms with Crippen LogP contribution in [0, 0.1) is 19.8 Å². The third kappa shape index (κ3) is 7.21. The van der Waals surface area contributed by atoms with Crippen LogP contribution in [-0.2, 0) is 11.3 Å². The van der Waals surface area contributed by atoms with E-state index in [1.165, 1.54) is 12.8 Å². The van der Waals surface area contributed by atoms with Crippen LogP contribution in [0.5, 0.6) is 0 Å². The molecule has 1 amide bonds. The van der Waals surface area contributed by atoms with Gasteiger partial charge >= 0.3 is 0 Å². The number of carbonyl (C=O) groups is 1. The number of hydrogen-bond donors (Lipinski definition) is 3. The van der Waals surface area contributed by atoms with Crippen molar-refractivity contribution in [3.63, 3.8) is 0 Å². The Morgan fingerprint density at radius 3 is 2.39 bits per heavy atom. The molecule has 0 spiro atoms. The fourth-order valence-electron chi connectivity index (χ4n) is 4.29. The van der Waals surface area contributed by atoms with Gasteiger partial charge in [-0.2, -0.15) is 0 Å². The fourth-order valence-corrected chi connectivity index (χ4v) is 4.29. The van der Waals surface area contributed by atoms with Crippen LogP contribution in [0.1, 0.15) is 43.0 Å². The Labute approximate surface area is 186 Å². The summed E-state index contributed by atoms with van der Waals surface area (Å²) < 4.78 is 5.73. The molecular formula is C22H39N7O2. The minimum absolute atomic E-state index is 0.0839.